The fraction of sp³-hybridized carbons (Fsp3) is 0.257. The van der Waals surface area contributed by atoms with Crippen LogP contribution in [0.25, 0.3) is 0 Å². The number of rotatable bonds is 9. The van der Waals surface area contributed by atoms with E-state index >= 15 is 0 Å². The van der Waals surface area contributed by atoms with Gasteiger partial charge in [0.05, 0.1) is 13.0 Å². The van der Waals surface area contributed by atoms with E-state index in [4.69, 9.17) is 9.47 Å². The molecule has 7 heteroatoms. The normalized spacial score (nSPS) is 14.3. The topological polar surface area (TPSA) is 79.3 Å². The molecule has 42 heavy (non-hydrogen) atoms. The van der Waals surface area contributed by atoms with Gasteiger partial charge < -0.3 is 24.4 Å². The molecule has 0 saturated heterocycles. The predicted octanol–water partition coefficient (Wildman–Crippen LogP) is 5.82. The molecule has 1 atom stereocenters. The zero-order chi connectivity index (χ0) is 29.8. The highest BCUT2D eigenvalue weighted by Gasteiger charge is 2.40. The number of carbonyl (C=O) groups is 2. The van der Waals surface area contributed by atoms with Crippen molar-refractivity contribution >= 4 is 17.6 Å². The molecule has 0 fully saturated rings. The molecule has 1 aliphatic heterocycles. The van der Waals surface area contributed by atoms with Crippen molar-refractivity contribution in [2.75, 3.05) is 26.1 Å². The van der Waals surface area contributed by atoms with E-state index in [1.54, 1.807) is 7.11 Å². The largest absolute Gasteiger partial charge is 0.493 e. The molecule has 0 saturated carbocycles. The number of methoxy groups -OCH3 is 1. The van der Waals surface area contributed by atoms with Crippen molar-refractivity contribution in [3.8, 4) is 11.5 Å². The standard InChI is InChI=1S/C35H36N2O5/c1-23-19-24(15-17-29(23)36(2)3)22-42-33-28-20-30(35(39)40)37(21-27(28)16-18-31(33)41-4)34(38)32(25-11-7-5-8-12-25)26-13-9-6-10-14-26/h5-19,30,32H,20-22H2,1-4H3,(H,39,40). The van der Waals surface area contributed by atoms with Crippen molar-refractivity contribution in [2.45, 2.75) is 38.5 Å². The Kier molecular flexibility index (Phi) is 8.48. The smallest absolute Gasteiger partial charge is 0.326 e. The van der Waals surface area contributed by atoms with Crippen molar-refractivity contribution in [1.29, 1.82) is 0 Å². The van der Waals surface area contributed by atoms with Crippen LogP contribution in [0, 0.1) is 6.92 Å². The van der Waals surface area contributed by atoms with E-state index in [0.29, 0.717) is 18.1 Å². The van der Waals surface area contributed by atoms with Gasteiger partial charge in [-0.2, -0.15) is 0 Å². The average Bonchev–Trinajstić information content (AvgIpc) is 3.00. The molecule has 1 heterocycles. The molecular formula is C35H36N2O5. The van der Waals surface area contributed by atoms with Crippen LogP contribution in [0.4, 0.5) is 5.69 Å². The summed E-state index contributed by atoms with van der Waals surface area (Å²) in [5.41, 5.74) is 6.49. The first-order valence-corrected chi connectivity index (χ1v) is 14.0. The molecule has 1 amide bonds. The Balaban J connectivity index is 1.48. The summed E-state index contributed by atoms with van der Waals surface area (Å²) in [4.78, 5) is 30.5. The second-order valence-corrected chi connectivity index (χ2v) is 10.8. The van der Waals surface area contributed by atoms with Crippen LogP contribution in [0.1, 0.15) is 39.3 Å². The fourth-order valence-electron chi connectivity index (χ4n) is 5.79. The SMILES string of the molecule is COc1ccc2c(c1OCc1ccc(N(C)C)c(C)c1)CC(C(=O)O)N(C(=O)C(c1ccccc1)c1ccccc1)C2. The number of carboxylic acid groups (broad SMARTS) is 1. The van der Waals surface area contributed by atoms with Gasteiger partial charge in [0, 0.05) is 38.3 Å². The number of benzene rings is 4. The number of carboxylic acids is 1. The number of nitrogens with zero attached hydrogens (tertiary/aromatic N) is 2. The van der Waals surface area contributed by atoms with E-state index in [1.807, 2.05) is 93.0 Å². The number of hydrogen-bond donors (Lipinski definition) is 1. The zero-order valence-electron chi connectivity index (χ0n) is 24.4. The van der Waals surface area contributed by atoms with Gasteiger partial charge in [0.25, 0.3) is 0 Å². The van der Waals surface area contributed by atoms with Gasteiger partial charge >= 0.3 is 5.97 Å². The van der Waals surface area contributed by atoms with E-state index in [2.05, 4.69) is 24.0 Å². The van der Waals surface area contributed by atoms with Gasteiger partial charge in [0.1, 0.15) is 12.6 Å². The maximum Gasteiger partial charge on any atom is 0.326 e. The summed E-state index contributed by atoms with van der Waals surface area (Å²) in [6.07, 6.45) is 0.109. The second-order valence-electron chi connectivity index (χ2n) is 10.8. The van der Waals surface area contributed by atoms with Gasteiger partial charge in [-0.3, -0.25) is 4.79 Å². The summed E-state index contributed by atoms with van der Waals surface area (Å²) in [6, 6.07) is 27.9. The minimum absolute atomic E-state index is 0.109. The number of amides is 1. The van der Waals surface area contributed by atoms with Crippen LogP contribution in [0.15, 0.2) is 91.0 Å². The number of hydrogen-bond acceptors (Lipinski definition) is 5. The highest BCUT2D eigenvalue weighted by molar-refractivity contribution is 5.91. The van der Waals surface area contributed by atoms with E-state index in [-0.39, 0.29) is 18.9 Å². The molecular weight excluding hydrogens is 528 g/mol. The highest BCUT2D eigenvalue weighted by atomic mass is 16.5. The monoisotopic (exact) mass is 564 g/mol. The Hall–Kier alpha value is -4.78. The minimum atomic E-state index is -1.06. The van der Waals surface area contributed by atoms with Crippen LogP contribution in [-0.4, -0.2) is 49.1 Å². The van der Waals surface area contributed by atoms with Crippen LogP contribution in [-0.2, 0) is 29.2 Å². The third-order valence-electron chi connectivity index (χ3n) is 7.86. The van der Waals surface area contributed by atoms with Crippen molar-refractivity contribution < 1.29 is 24.2 Å². The van der Waals surface area contributed by atoms with Gasteiger partial charge in [-0.15, -0.1) is 0 Å². The van der Waals surface area contributed by atoms with E-state index < -0.39 is 17.9 Å². The molecule has 4 aromatic carbocycles. The molecule has 4 aromatic rings. The zero-order valence-corrected chi connectivity index (χ0v) is 24.4. The molecule has 0 bridgehead atoms. The van der Waals surface area contributed by atoms with Crippen LogP contribution < -0.4 is 14.4 Å². The summed E-state index contributed by atoms with van der Waals surface area (Å²) in [7, 11) is 5.59. The fourth-order valence-corrected chi connectivity index (χ4v) is 5.79. The third-order valence-corrected chi connectivity index (χ3v) is 7.86. The van der Waals surface area contributed by atoms with Gasteiger partial charge in [-0.1, -0.05) is 78.9 Å². The van der Waals surface area contributed by atoms with E-state index in [9.17, 15) is 14.7 Å². The number of fused-ring (bicyclic) bond motifs is 1. The van der Waals surface area contributed by atoms with E-state index in [0.717, 1.165) is 39.1 Å². The first kappa shape index (κ1) is 28.7. The Labute approximate surface area is 246 Å². The van der Waals surface area contributed by atoms with Gasteiger partial charge in [-0.05, 0) is 46.9 Å². The Bertz CT molecular complexity index is 1530. The Morgan fingerprint density at radius 2 is 1.60 bits per heavy atom. The van der Waals surface area contributed by atoms with Crippen molar-refractivity contribution in [3.63, 3.8) is 0 Å². The van der Waals surface area contributed by atoms with Crippen molar-refractivity contribution in [3.05, 3.63) is 124 Å². The van der Waals surface area contributed by atoms with Gasteiger partial charge in [0.2, 0.25) is 5.91 Å². The summed E-state index contributed by atoms with van der Waals surface area (Å²) < 4.78 is 12.0. The lowest BCUT2D eigenvalue weighted by molar-refractivity contribution is -0.151. The van der Waals surface area contributed by atoms with E-state index in [1.165, 1.54) is 4.90 Å². The molecule has 216 valence electrons. The van der Waals surface area contributed by atoms with Gasteiger partial charge in [-0.25, -0.2) is 4.79 Å². The Morgan fingerprint density at radius 3 is 2.14 bits per heavy atom. The van der Waals surface area contributed by atoms with Crippen LogP contribution in [0.2, 0.25) is 0 Å². The lowest BCUT2D eigenvalue weighted by Crippen LogP contribution is -2.50. The number of ether oxygens (including phenoxy) is 2. The lowest BCUT2D eigenvalue weighted by Gasteiger charge is -2.37. The van der Waals surface area contributed by atoms with Crippen molar-refractivity contribution in [2.24, 2.45) is 0 Å². The molecule has 0 aliphatic carbocycles. The number of aliphatic carboxylic acids is 1. The summed E-state index contributed by atoms with van der Waals surface area (Å²) >= 11 is 0. The highest BCUT2D eigenvalue weighted by Crippen LogP contribution is 2.40. The first-order chi connectivity index (χ1) is 20.3. The Morgan fingerprint density at radius 1 is 0.952 bits per heavy atom. The number of carbonyl (C=O) groups excluding carboxylic acids is 1. The minimum Gasteiger partial charge on any atom is -0.493 e. The summed E-state index contributed by atoms with van der Waals surface area (Å²) in [5.74, 6) is -0.882. The first-order valence-electron chi connectivity index (χ1n) is 14.0. The molecule has 1 aliphatic rings. The maximum absolute atomic E-state index is 14.3. The molecule has 1 unspecified atom stereocenters. The number of aryl methyl sites for hydroxylation is 1. The maximum atomic E-state index is 14.3. The summed E-state index contributed by atoms with van der Waals surface area (Å²) in [6.45, 7) is 2.51. The van der Waals surface area contributed by atoms with Crippen molar-refractivity contribution in [1.82, 2.24) is 4.90 Å². The van der Waals surface area contributed by atoms with Crippen LogP contribution >= 0.6 is 0 Å². The molecule has 0 radical (unpaired) electrons. The number of anilines is 1. The predicted molar refractivity (Wildman–Crippen MR) is 163 cm³/mol. The molecule has 5 rings (SSSR count). The average molecular weight is 565 g/mol. The molecule has 1 N–H and O–H groups in total. The van der Waals surface area contributed by atoms with Gasteiger partial charge in [0.15, 0.2) is 11.5 Å². The lowest BCUT2D eigenvalue weighted by atomic mass is 9.87. The molecule has 0 spiro atoms. The summed E-state index contributed by atoms with van der Waals surface area (Å²) in [5, 5.41) is 10.4. The second kappa shape index (κ2) is 12.4. The quantitative estimate of drug-likeness (QED) is 0.276. The van der Waals surface area contributed by atoms with Crippen LogP contribution in [0.5, 0.6) is 11.5 Å². The third kappa shape index (κ3) is 5.81. The molecule has 0 aromatic heterocycles. The molecule has 7 nitrogen and oxygen atoms in total. The van der Waals surface area contributed by atoms with Crippen LogP contribution in [0.3, 0.4) is 0 Å².